The Balaban J connectivity index is -0.00000338. The van der Waals surface area contributed by atoms with Crippen molar-refractivity contribution in [3.63, 3.8) is 0 Å². The quantitative estimate of drug-likeness (QED) is 0.0673. The van der Waals surface area contributed by atoms with Crippen LogP contribution in [0.3, 0.4) is 0 Å². The Morgan fingerprint density at radius 2 is 1.31 bits per heavy atom. The zero-order chi connectivity index (χ0) is 20.9. The van der Waals surface area contributed by atoms with E-state index in [0.717, 1.165) is 11.4 Å². The van der Waals surface area contributed by atoms with Gasteiger partial charge in [0.15, 0.2) is 12.6 Å². The molecule has 0 heterocycles. The van der Waals surface area contributed by atoms with Gasteiger partial charge < -0.3 is 25.7 Å². The molecular formula is C13H30N4Na2O8P2+2. The van der Waals surface area contributed by atoms with Crippen LogP contribution in [0.1, 0.15) is 26.2 Å². The second-order valence-corrected chi connectivity index (χ2v) is 9.14. The molecule has 16 heteroatoms. The van der Waals surface area contributed by atoms with Crippen molar-refractivity contribution in [2.24, 2.45) is 0 Å². The monoisotopic (exact) mass is 478 g/mol. The van der Waals surface area contributed by atoms with Crippen LogP contribution in [0, 0.1) is 0 Å². The molecule has 0 radical (unpaired) electrons. The SMILES string of the molecule is CCNCCC(=O)NCCNC(=O)CCCN(C[P+]([O-])(O)O)C[P+]([O-])(O)O.[Na+].[Na+]. The molecule has 0 unspecified atom stereocenters. The first-order chi connectivity index (χ1) is 12.4. The Bertz CT molecular complexity index is 440. The maximum Gasteiger partial charge on any atom is 1.00 e. The molecule has 0 aromatic carbocycles. The van der Waals surface area contributed by atoms with Gasteiger partial charge in [-0.15, -0.1) is 0 Å². The summed E-state index contributed by atoms with van der Waals surface area (Å²) in [6, 6.07) is 0. The molecule has 0 rings (SSSR count). The molecule has 0 aromatic rings. The van der Waals surface area contributed by atoms with E-state index in [1.807, 2.05) is 6.92 Å². The van der Waals surface area contributed by atoms with Crippen LogP contribution in [0.4, 0.5) is 0 Å². The van der Waals surface area contributed by atoms with Crippen LogP contribution >= 0.6 is 15.9 Å². The minimum atomic E-state index is -4.48. The van der Waals surface area contributed by atoms with Gasteiger partial charge in [0, 0.05) is 39.0 Å². The van der Waals surface area contributed by atoms with Gasteiger partial charge in [-0.2, -0.15) is 0 Å². The molecule has 0 atom stereocenters. The maximum absolute atomic E-state index is 11.7. The van der Waals surface area contributed by atoms with Gasteiger partial charge in [-0.3, -0.25) is 9.59 Å². The van der Waals surface area contributed by atoms with Gasteiger partial charge >= 0.3 is 59.1 Å². The molecule has 160 valence electrons. The van der Waals surface area contributed by atoms with Gasteiger partial charge in [0.2, 0.25) is 27.7 Å². The predicted octanol–water partition coefficient (Wildman–Crippen LogP) is -9.56. The van der Waals surface area contributed by atoms with Crippen LogP contribution in [-0.2, 0) is 9.59 Å². The third-order valence-corrected chi connectivity index (χ3v) is 4.73. The summed E-state index contributed by atoms with van der Waals surface area (Å²) in [5.74, 6) is -0.458. The zero-order valence-corrected chi connectivity index (χ0v) is 23.1. The van der Waals surface area contributed by atoms with E-state index in [0.29, 0.717) is 13.0 Å². The molecule has 0 fully saturated rings. The summed E-state index contributed by atoms with van der Waals surface area (Å²) in [6.45, 7) is 3.76. The van der Waals surface area contributed by atoms with Crippen LogP contribution in [0.5, 0.6) is 0 Å². The number of carbonyl (C=O) groups is 2. The molecule has 0 bridgehead atoms. The first kappa shape index (κ1) is 35.1. The van der Waals surface area contributed by atoms with Crippen molar-refractivity contribution >= 4 is 27.7 Å². The van der Waals surface area contributed by atoms with Crippen molar-refractivity contribution in [3.8, 4) is 0 Å². The Morgan fingerprint density at radius 1 is 0.862 bits per heavy atom. The van der Waals surface area contributed by atoms with Gasteiger partial charge in [0.05, 0.1) is 0 Å². The van der Waals surface area contributed by atoms with Crippen molar-refractivity contribution in [2.45, 2.75) is 26.2 Å². The molecule has 0 saturated carbocycles. The topological polar surface area (TPSA) is 201 Å². The minimum Gasteiger partial charge on any atom is -0.631 e. The largest absolute Gasteiger partial charge is 1.00 e. The number of hydrogen-bond acceptors (Lipinski definition) is 10. The van der Waals surface area contributed by atoms with E-state index in [2.05, 4.69) is 16.0 Å². The van der Waals surface area contributed by atoms with E-state index >= 15 is 0 Å². The van der Waals surface area contributed by atoms with Crippen molar-refractivity contribution < 1.29 is 98.1 Å². The molecule has 0 aliphatic heterocycles. The van der Waals surface area contributed by atoms with Crippen molar-refractivity contribution in [3.05, 3.63) is 0 Å². The van der Waals surface area contributed by atoms with E-state index in [1.54, 1.807) is 0 Å². The second kappa shape index (κ2) is 19.0. The average Bonchev–Trinajstić information content (AvgIpc) is 2.48. The number of rotatable bonds is 15. The molecule has 12 nitrogen and oxygen atoms in total. The van der Waals surface area contributed by atoms with Crippen LogP contribution < -0.4 is 84.9 Å². The van der Waals surface area contributed by atoms with Crippen molar-refractivity contribution in [1.82, 2.24) is 20.9 Å². The predicted molar refractivity (Wildman–Crippen MR) is 97.6 cm³/mol. The molecule has 0 aromatic heterocycles. The smallest absolute Gasteiger partial charge is 0.631 e. The number of nitrogens with one attached hydrogen (secondary N) is 3. The second-order valence-electron chi connectivity index (χ2n) is 5.91. The molecule has 2 amide bonds. The summed E-state index contributed by atoms with van der Waals surface area (Å²) in [5, 5.41) is 8.24. The van der Waals surface area contributed by atoms with E-state index in [9.17, 15) is 19.4 Å². The van der Waals surface area contributed by atoms with Crippen LogP contribution in [0.2, 0.25) is 0 Å². The van der Waals surface area contributed by atoms with Gasteiger partial charge in [-0.25, -0.2) is 24.5 Å². The summed E-state index contributed by atoms with van der Waals surface area (Å²) < 4.78 is 0. The summed E-state index contributed by atoms with van der Waals surface area (Å²) >= 11 is 0. The van der Waals surface area contributed by atoms with Gasteiger partial charge in [-0.1, -0.05) is 6.92 Å². The molecular weight excluding hydrogens is 448 g/mol. The number of nitrogens with zero attached hydrogens (tertiary/aromatic N) is 1. The fraction of sp³-hybridized carbons (Fsp3) is 0.846. The molecule has 29 heavy (non-hydrogen) atoms. The molecule has 0 spiro atoms. The van der Waals surface area contributed by atoms with Crippen LogP contribution in [0.15, 0.2) is 0 Å². The third-order valence-electron chi connectivity index (χ3n) is 3.19. The average molecular weight is 478 g/mol. The Labute approximate surface area is 216 Å². The molecule has 0 aliphatic rings. The van der Waals surface area contributed by atoms with Gasteiger partial charge in [0.1, 0.15) is 0 Å². The van der Waals surface area contributed by atoms with E-state index in [1.165, 1.54) is 0 Å². The van der Waals surface area contributed by atoms with Gasteiger partial charge in [0.25, 0.3) is 0 Å². The first-order valence-corrected chi connectivity index (χ1v) is 12.1. The number of carbonyl (C=O) groups excluding carboxylic acids is 2. The standard InChI is InChI=1S/C13H30N4O8P2.2Na/c1-2-14-6-5-13(19)16-8-7-15-12(18)4-3-9-17(10-26(20,21)22)11-27(23,24)25;;/h14H,2-11H2,1H3,(H,15,18)(H,16,19)(H2,20,21,22)(H2,23,24,25);;/q;2*+1. The Kier molecular flexibility index (Phi) is 23.0. The van der Waals surface area contributed by atoms with Crippen LogP contribution in [-0.4, -0.2) is 81.6 Å². The first-order valence-electron chi connectivity index (χ1n) is 8.48. The molecule has 0 aliphatic carbocycles. The molecule has 0 saturated heterocycles. The summed E-state index contributed by atoms with van der Waals surface area (Å²) in [5.41, 5.74) is 0. The Hall–Kier alpha value is 1.48. The maximum atomic E-state index is 11.7. The van der Waals surface area contributed by atoms with E-state index in [-0.39, 0.29) is 103 Å². The fourth-order valence-corrected chi connectivity index (χ4v) is 3.81. The molecule has 7 N–H and O–H groups in total. The summed E-state index contributed by atoms with van der Waals surface area (Å²) in [6.07, 6.45) is -1.05. The van der Waals surface area contributed by atoms with Gasteiger partial charge in [-0.05, 0) is 13.0 Å². The minimum absolute atomic E-state index is 0. The third kappa shape index (κ3) is 25.6. The van der Waals surface area contributed by atoms with Crippen molar-refractivity contribution in [1.29, 1.82) is 0 Å². The zero-order valence-electron chi connectivity index (χ0n) is 17.3. The van der Waals surface area contributed by atoms with E-state index < -0.39 is 28.5 Å². The summed E-state index contributed by atoms with van der Waals surface area (Å²) in [7, 11) is -8.95. The van der Waals surface area contributed by atoms with Crippen molar-refractivity contribution in [2.75, 3.05) is 45.3 Å². The van der Waals surface area contributed by atoms with Crippen LogP contribution in [0.25, 0.3) is 0 Å². The Morgan fingerprint density at radius 3 is 1.72 bits per heavy atom. The number of hydrogen-bond donors (Lipinski definition) is 7. The number of amides is 2. The summed E-state index contributed by atoms with van der Waals surface area (Å²) in [4.78, 5) is 81.9. The van der Waals surface area contributed by atoms with E-state index in [4.69, 9.17) is 19.6 Å². The fourth-order valence-electron chi connectivity index (χ4n) is 2.13. The normalized spacial score (nSPS) is 11.4.